The molecule has 1 fully saturated rings. The first-order valence-corrected chi connectivity index (χ1v) is 18.6. The lowest BCUT2D eigenvalue weighted by molar-refractivity contribution is -0.128. The molecule has 2 N–H and O–H groups in total. The third kappa shape index (κ3) is 8.25. The largest absolute Gasteiger partial charge is 0.464 e. The maximum Gasteiger partial charge on any atom is 0.321 e. The lowest BCUT2D eigenvalue weighted by atomic mass is 9.97. The number of aromatic nitrogens is 1. The van der Waals surface area contributed by atoms with Crippen LogP contribution in [0.3, 0.4) is 0 Å². The fourth-order valence-corrected chi connectivity index (χ4v) is 8.44. The van der Waals surface area contributed by atoms with Gasteiger partial charge in [0.05, 0.1) is 40.6 Å². The predicted molar refractivity (Wildman–Crippen MR) is 186 cm³/mol. The van der Waals surface area contributed by atoms with Crippen LogP contribution in [-0.4, -0.2) is 88.9 Å². The van der Waals surface area contributed by atoms with Crippen molar-refractivity contribution in [3.8, 4) is 0 Å². The van der Waals surface area contributed by atoms with Crippen LogP contribution in [0.15, 0.2) is 75.6 Å². The molecule has 1 saturated heterocycles. The Kier molecular flexibility index (Phi) is 11.2. The van der Waals surface area contributed by atoms with Crippen molar-refractivity contribution in [3.05, 3.63) is 82.5 Å². The highest BCUT2D eigenvalue weighted by molar-refractivity contribution is 7.89. The van der Waals surface area contributed by atoms with Gasteiger partial charge in [-0.2, -0.15) is 4.31 Å². The molecule has 3 heterocycles. The number of hydrogen-bond acceptors (Lipinski definition) is 8. The van der Waals surface area contributed by atoms with E-state index in [2.05, 4.69) is 10.3 Å². The van der Waals surface area contributed by atoms with Crippen LogP contribution >= 0.6 is 11.3 Å². The fraction of sp³-hybridized carbons (Fsp3) is 0.457. The molecule has 2 aromatic heterocycles. The molecule has 0 radical (unpaired) electrons. The average Bonchev–Trinajstić information content (AvgIpc) is 3.77. The summed E-state index contributed by atoms with van der Waals surface area (Å²) in [4.78, 5) is 35.5. The van der Waals surface area contributed by atoms with Gasteiger partial charge in [0.15, 0.2) is 0 Å². The zero-order valence-electron chi connectivity index (χ0n) is 28.1. The maximum atomic E-state index is 14.1. The van der Waals surface area contributed by atoms with Gasteiger partial charge in [-0.05, 0) is 55.0 Å². The lowest BCUT2D eigenvalue weighted by Gasteiger charge is -2.34. The van der Waals surface area contributed by atoms with Crippen molar-refractivity contribution in [2.75, 3.05) is 26.2 Å². The number of furan rings is 1. The highest BCUT2D eigenvalue weighted by Gasteiger charge is 2.40. The Labute approximate surface area is 286 Å². The van der Waals surface area contributed by atoms with Crippen molar-refractivity contribution in [1.82, 2.24) is 24.4 Å². The number of thiazole rings is 1. The number of rotatable bonds is 15. The number of nitrogens with one attached hydrogen (secondary N) is 1. The maximum absolute atomic E-state index is 14.1. The van der Waals surface area contributed by atoms with E-state index in [1.807, 2.05) is 70.3 Å². The van der Waals surface area contributed by atoms with E-state index < -0.39 is 34.1 Å². The van der Waals surface area contributed by atoms with E-state index in [9.17, 15) is 23.1 Å². The first-order chi connectivity index (χ1) is 22.8. The van der Waals surface area contributed by atoms with Crippen molar-refractivity contribution >= 4 is 44.3 Å². The topological polar surface area (TPSA) is 136 Å². The van der Waals surface area contributed by atoms with E-state index in [4.69, 9.17) is 4.42 Å². The molecule has 258 valence electrons. The van der Waals surface area contributed by atoms with E-state index in [0.29, 0.717) is 30.6 Å². The number of benzene rings is 2. The van der Waals surface area contributed by atoms with E-state index in [-0.39, 0.29) is 42.3 Å². The van der Waals surface area contributed by atoms with Crippen LogP contribution in [0, 0.1) is 18.8 Å². The smallest absolute Gasteiger partial charge is 0.321 e. The highest BCUT2D eigenvalue weighted by Crippen LogP contribution is 2.25. The normalized spacial score (nSPS) is 16.0. The van der Waals surface area contributed by atoms with E-state index >= 15 is 0 Å². The molecular weight excluding hydrogens is 651 g/mol. The number of aryl methyl sites for hydroxylation is 1. The van der Waals surface area contributed by atoms with E-state index in [1.54, 1.807) is 28.0 Å². The second-order valence-corrected chi connectivity index (χ2v) is 16.2. The first-order valence-electron chi connectivity index (χ1n) is 16.3. The molecule has 1 aliphatic heterocycles. The monoisotopic (exact) mass is 695 g/mol. The standard InChI is InChI=1S/C35H45N5O6S2/c1-23(2)19-39(48(44,45)29-11-12-32-27(18-29)13-16-46-32)21-31(41)30(17-26-9-7-6-8-10-26)37-34(42)33(24(3)4)40-15-14-38(35(40)43)20-28-22-47-25(5)36-28/h6-13,16,18,22-24,30-31,33,41H,14-15,17,19-21H2,1-5H3,(H,37,42)/t30-,31-,33-/m0/s1. The van der Waals surface area contributed by atoms with Crippen LogP contribution in [0.4, 0.5) is 4.79 Å². The summed E-state index contributed by atoms with van der Waals surface area (Å²) in [5.41, 5.74) is 2.26. The number of nitrogens with zero attached hydrogens (tertiary/aromatic N) is 4. The predicted octanol–water partition coefficient (Wildman–Crippen LogP) is 4.90. The fourth-order valence-electron chi connectivity index (χ4n) is 6.17. The Balaban J connectivity index is 1.37. The molecule has 1 aliphatic rings. The second kappa shape index (κ2) is 15.2. The van der Waals surface area contributed by atoms with Crippen molar-refractivity contribution in [2.45, 2.75) is 70.7 Å². The molecule has 0 saturated carbocycles. The van der Waals surface area contributed by atoms with Gasteiger partial charge in [0.2, 0.25) is 15.9 Å². The number of carbonyl (C=O) groups excluding carboxylic acids is 2. The summed E-state index contributed by atoms with van der Waals surface area (Å²) in [6.45, 7) is 10.7. The van der Waals surface area contributed by atoms with Gasteiger partial charge in [0, 0.05) is 36.9 Å². The third-order valence-electron chi connectivity index (χ3n) is 8.49. The lowest BCUT2D eigenvalue weighted by Crippen LogP contribution is -2.57. The van der Waals surface area contributed by atoms with Crippen molar-refractivity contribution in [3.63, 3.8) is 0 Å². The van der Waals surface area contributed by atoms with Gasteiger partial charge in [0.1, 0.15) is 11.6 Å². The molecule has 0 bridgehead atoms. The molecular formula is C35H45N5O6S2. The van der Waals surface area contributed by atoms with E-state index in [0.717, 1.165) is 16.3 Å². The average molecular weight is 696 g/mol. The number of urea groups is 1. The first kappa shape index (κ1) is 35.5. The molecule has 4 aromatic rings. The molecule has 48 heavy (non-hydrogen) atoms. The Morgan fingerprint density at radius 1 is 1.08 bits per heavy atom. The van der Waals surface area contributed by atoms with Crippen molar-refractivity contribution in [2.24, 2.45) is 11.8 Å². The van der Waals surface area contributed by atoms with E-state index in [1.165, 1.54) is 28.0 Å². The second-order valence-electron chi connectivity index (χ2n) is 13.2. The molecule has 0 unspecified atom stereocenters. The number of amides is 3. The van der Waals surface area contributed by atoms with Crippen LogP contribution in [0.2, 0.25) is 0 Å². The van der Waals surface area contributed by atoms with Gasteiger partial charge in [-0.15, -0.1) is 11.3 Å². The number of carbonyl (C=O) groups is 2. The summed E-state index contributed by atoms with van der Waals surface area (Å²) in [5, 5.41) is 18.3. The summed E-state index contributed by atoms with van der Waals surface area (Å²) >= 11 is 1.53. The minimum Gasteiger partial charge on any atom is -0.464 e. The Bertz CT molecular complexity index is 1810. The molecule has 13 heteroatoms. The van der Waals surface area contributed by atoms with Gasteiger partial charge in [-0.25, -0.2) is 18.2 Å². The zero-order valence-corrected chi connectivity index (χ0v) is 29.7. The van der Waals surface area contributed by atoms with Gasteiger partial charge in [-0.3, -0.25) is 4.79 Å². The zero-order chi connectivity index (χ0) is 34.6. The summed E-state index contributed by atoms with van der Waals surface area (Å²) in [6, 6.07) is 14.0. The molecule has 3 atom stereocenters. The summed E-state index contributed by atoms with van der Waals surface area (Å²) in [5.74, 6) is -0.650. The third-order valence-corrected chi connectivity index (χ3v) is 11.1. The van der Waals surface area contributed by atoms with Crippen LogP contribution in [0.1, 0.15) is 44.0 Å². The Hall–Kier alpha value is -3.78. The quantitative estimate of drug-likeness (QED) is 0.181. The SMILES string of the molecule is Cc1nc(CN2CCN([C@H](C(=O)N[C@@H](Cc3ccccc3)[C@@H](O)CN(CC(C)C)S(=O)(=O)c3ccc4occc4c3)C(C)C)C2=O)cs1. The molecule has 5 rings (SSSR count). The van der Waals surface area contributed by atoms with Crippen molar-refractivity contribution in [1.29, 1.82) is 0 Å². The van der Waals surface area contributed by atoms with Gasteiger partial charge >= 0.3 is 6.03 Å². The Morgan fingerprint density at radius 2 is 1.83 bits per heavy atom. The number of hydrogen-bond donors (Lipinski definition) is 2. The summed E-state index contributed by atoms with van der Waals surface area (Å²) < 4.78 is 34.7. The molecule has 11 nitrogen and oxygen atoms in total. The van der Waals surface area contributed by atoms with Crippen molar-refractivity contribution < 1.29 is 27.5 Å². The Morgan fingerprint density at radius 3 is 2.50 bits per heavy atom. The molecule has 3 amide bonds. The molecule has 0 spiro atoms. The molecule has 0 aliphatic carbocycles. The van der Waals surface area contributed by atoms with Crippen LogP contribution in [-0.2, 0) is 27.8 Å². The van der Waals surface area contributed by atoms with Crippen LogP contribution in [0.25, 0.3) is 11.0 Å². The van der Waals surface area contributed by atoms with Gasteiger partial charge < -0.3 is 24.6 Å². The summed E-state index contributed by atoms with van der Waals surface area (Å²) in [6.07, 6.45) is 0.512. The number of fused-ring (bicyclic) bond motifs is 1. The van der Waals surface area contributed by atoms with Crippen LogP contribution < -0.4 is 5.32 Å². The minimum atomic E-state index is -4.02. The number of aliphatic hydroxyl groups excluding tert-OH is 1. The number of sulfonamides is 1. The highest BCUT2D eigenvalue weighted by atomic mass is 32.2. The van der Waals surface area contributed by atoms with Crippen LogP contribution in [0.5, 0.6) is 0 Å². The molecule has 2 aromatic carbocycles. The van der Waals surface area contributed by atoms with Gasteiger partial charge in [0.25, 0.3) is 0 Å². The van der Waals surface area contributed by atoms with Gasteiger partial charge in [-0.1, -0.05) is 58.0 Å². The minimum absolute atomic E-state index is 0.0329. The number of aliphatic hydroxyl groups is 1. The summed E-state index contributed by atoms with van der Waals surface area (Å²) in [7, 11) is -4.02.